The van der Waals surface area contributed by atoms with E-state index in [1.807, 2.05) is 0 Å². The van der Waals surface area contributed by atoms with Crippen LogP contribution in [0.2, 0.25) is 0 Å². The summed E-state index contributed by atoms with van der Waals surface area (Å²) in [5.74, 6) is 1.49. The summed E-state index contributed by atoms with van der Waals surface area (Å²) in [6.07, 6.45) is 2.78. The Labute approximate surface area is 117 Å². The highest BCUT2D eigenvalue weighted by Crippen LogP contribution is 2.44. The molecule has 0 bridgehead atoms. The fraction of sp³-hybridized carbons (Fsp3) is 0.647. The Morgan fingerprint density at radius 3 is 2.68 bits per heavy atom. The van der Waals surface area contributed by atoms with E-state index in [2.05, 4.69) is 49.2 Å². The Bertz CT molecular complexity index is 449. The molecule has 2 aliphatic rings. The van der Waals surface area contributed by atoms with Gasteiger partial charge >= 0.3 is 0 Å². The SMILES string of the molecule is CC(C)c1ccc(N2CCNCC2C)cc1C1CC1. The van der Waals surface area contributed by atoms with E-state index in [9.17, 15) is 0 Å². The van der Waals surface area contributed by atoms with E-state index in [0.29, 0.717) is 12.0 Å². The van der Waals surface area contributed by atoms with Crippen molar-refractivity contribution in [2.75, 3.05) is 24.5 Å². The van der Waals surface area contributed by atoms with Gasteiger partial charge in [-0.05, 0) is 54.9 Å². The highest BCUT2D eigenvalue weighted by Gasteiger charge is 2.28. The monoisotopic (exact) mass is 258 g/mol. The molecule has 0 amide bonds. The fourth-order valence-electron chi connectivity index (χ4n) is 3.24. The summed E-state index contributed by atoms with van der Waals surface area (Å²) in [5, 5.41) is 3.47. The summed E-state index contributed by atoms with van der Waals surface area (Å²) in [4.78, 5) is 2.56. The van der Waals surface area contributed by atoms with Crippen LogP contribution in [0.1, 0.15) is 56.6 Å². The number of anilines is 1. The first-order valence-electron chi connectivity index (χ1n) is 7.78. The normalized spacial score (nSPS) is 24.0. The molecule has 2 fully saturated rings. The molecule has 1 aliphatic heterocycles. The summed E-state index contributed by atoms with van der Waals surface area (Å²) in [6, 6.07) is 7.80. The summed E-state index contributed by atoms with van der Waals surface area (Å²) < 4.78 is 0. The largest absolute Gasteiger partial charge is 0.366 e. The molecule has 3 rings (SSSR count). The van der Waals surface area contributed by atoms with Crippen LogP contribution in [-0.4, -0.2) is 25.7 Å². The van der Waals surface area contributed by atoms with Crippen molar-refractivity contribution in [3.8, 4) is 0 Å². The Morgan fingerprint density at radius 1 is 1.26 bits per heavy atom. The molecule has 1 heterocycles. The third-order valence-electron chi connectivity index (χ3n) is 4.54. The van der Waals surface area contributed by atoms with E-state index in [0.717, 1.165) is 25.6 Å². The maximum absolute atomic E-state index is 3.47. The maximum Gasteiger partial charge on any atom is 0.0386 e. The molecule has 0 radical (unpaired) electrons. The lowest BCUT2D eigenvalue weighted by Crippen LogP contribution is -2.49. The first kappa shape index (κ1) is 13.0. The summed E-state index contributed by atoms with van der Waals surface area (Å²) in [6.45, 7) is 10.3. The van der Waals surface area contributed by atoms with E-state index in [-0.39, 0.29) is 0 Å². The molecule has 2 heteroatoms. The van der Waals surface area contributed by atoms with Crippen molar-refractivity contribution in [3.05, 3.63) is 29.3 Å². The standard InChI is InChI=1S/C17H26N2/c1-12(2)16-7-6-15(10-17(16)14-4-5-14)19-9-8-18-11-13(19)3/h6-7,10,12-14,18H,4-5,8-9,11H2,1-3H3. The molecule has 1 N–H and O–H groups in total. The minimum atomic E-state index is 0.603. The highest BCUT2D eigenvalue weighted by atomic mass is 15.2. The van der Waals surface area contributed by atoms with Gasteiger partial charge in [-0.15, -0.1) is 0 Å². The van der Waals surface area contributed by atoms with Crippen LogP contribution in [0.5, 0.6) is 0 Å². The van der Waals surface area contributed by atoms with Gasteiger partial charge in [0.05, 0.1) is 0 Å². The Hall–Kier alpha value is -1.02. The first-order chi connectivity index (χ1) is 9.16. The Kier molecular flexibility index (Phi) is 3.53. The van der Waals surface area contributed by atoms with Crippen LogP contribution in [-0.2, 0) is 0 Å². The summed E-state index contributed by atoms with van der Waals surface area (Å²) in [5.41, 5.74) is 4.62. The van der Waals surface area contributed by atoms with Gasteiger partial charge in [0.2, 0.25) is 0 Å². The van der Waals surface area contributed by atoms with Crippen molar-refractivity contribution in [1.29, 1.82) is 0 Å². The number of nitrogens with one attached hydrogen (secondary N) is 1. The molecule has 104 valence electrons. The molecule has 1 unspecified atom stereocenters. The van der Waals surface area contributed by atoms with Crippen LogP contribution in [0.3, 0.4) is 0 Å². The van der Waals surface area contributed by atoms with E-state index in [4.69, 9.17) is 0 Å². The molecule has 1 atom stereocenters. The average molecular weight is 258 g/mol. The van der Waals surface area contributed by atoms with Crippen LogP contribution in [0.25, 0.3) is 0 Å². The van der Waals surface area contributed by atoms with Crippen LogP contribution in [0.15, 0.2) is 18.2 Å². The van der Waals surface area contributed by atoms with Gasteiger partial charge in [-0.2, -0.15) is 0 Å². The van der Waals surface area contributed by atoms with Crippen molar-refractivity contribution in [3.63, 3.8) is 0 Å². The number of hydrogen-bond acceptors (Lipinski definition) is 2. The van der Waals surface area contributed by atoms with E-state index in [1.165, 1.54) is 18.5 Å². The topological polar surface area (TPSA) is 15.3 Å². The molecule has 0 aromatic heterocycles. The third kappa shape index (κ3) is 2.64. The molecular formula is C17H26N2. The molecule has 1 aromatic rings. The van der Waals surface area contributed by atoms with Crippen LogP contribution < -0.4 is 10.2 Å². The van der Waals surface area contributed by atoms with Gasteiger partial charge in [-0.25, -0.2) is 0 Å². The van der Waals surface area contributed by atoms with E-state index in [1.54, 1.807) is 11.1 Å². The Morgan fingerprint density at radius 2 is 2.05 bits per heavy atom. The maximum atomic E-state index is 3.47. The van der Waals surface area contributed by atoms with Crippen molar-refractivity contribution >= 4 is 5.69 Å². The second-order valence-electron chi connectivity index (χ2n) is 6.49. The minimum absolute atomic E-state index is 0.603. The lowest BCUT2D eigenvalue weighted by atomic mass is 9.93. The zero-order valence-corrected chi connectivity index (χ0v) is 12.4. The minimum Gasteiger partial charge on any atom is -0.366 e. The number of benzene rings is 1. The van der Waals surface area contributed by atoms with Crippen molar-refractivity contribution in [2.45, 2.75) is 51.5 Å². The van der Waals surface area contributed by atoms with Crippen molar-refractivity contribution in [2.24, 2.45) is 0 Å². The van der Waals surface area contributed by atoms with E-state index < -0.39 is 0 Å². The molecule has 1 aromatic carbocycles. The molecular weight excluding hydrogens is 232 g/mol. The first-order valence-corrected chi connectivity index (χ1v) is 7.78. The highest BCUT2D eigenvalue weighted by molar-refractivity contribution is 5.54. The second kappa shape index (κ2) is 5.16. The molecule has 19 heavy (non-hydrogen) atoms. The van der Waals surface area contributed by atoms with Crippen LogP contribution >= 0.6 is 0 Å². The van der Waals surface area contributed by atoms with Gasteiger partial charge in [0.25, 0.3) is 0 Å². The summed E-state index contributed by atoms with van der Waals surface area (Å²) >= 11 is 0. The van der Waals surface area contributed by atoms with Gasteiger partial charge in [-0.3, -0.25) is 0 Å². The van der Waals surface area contributed by atoms with Gasteiger partial charge < -0.3 is 10.2 Å². The molecule has 1 saturated carbocycles. The van der Waals surface area contributed by atoms with Gasteiger partial charge in [0.15, 0.2) is 0 Å². The van der Waals surface area contributed by atoms with Gasteiger partial charge in [-0.1, -0.05) is 19.9 Å². The van der Waals surface area contributed by atoms with Crippen molar-refractivity contribution < 1.29 is 0 Å². The molecule has 0 spiro atoms. The second-order valence-corrected chi connectivity index (χ2v) is 6.49. The van der Waals surface area contributed by atoms with Crippen LogP contribution in [0, 0.1) is 0 Å². The zero-order valence-electron chi connectivity index (χ0n) is 12.4. The predicted molar refractivity (Wildman–Crippen MR) is 82.2 cm³/mol. The van der Waals surface area contributed by atoms with Crippen LogP contribution in [0.4, 0.5) is 5.69 Å². The van der Waals surface area contributed by atoms with E-state index >= 15 is 0 Å². The van der Waals surface area contributed by atoms with Gasteiger partial charge in [0.1, 0.15) is 0 Å². The zero-order chi connectivity index (χ0) is 13.4. The quantitative estimate of drug-likeness (QED) is 0.893. The number of piperazine rings is 1. The number of hydrogen-bond donors (Lipinski definition) is 1. The molecule has 1 saturated heterocycles. The Balaban J connectivity index is 1.92. The third-order valence-corrected chi connectivity index (χ3v) is 4.54. The fourth-order valence-corrected chi connectivity index (χ4v) is 3.24. The predicted octanol–water partition coefficient (Wildman–Crippen LogP) is 3.49. The smallest absolute Gasteiger partial charge is 0.0386 e. The van der Waals surface area contributed by atoms with Crippen molar-refractivity contribution in [1.82, 2.24) is 5.32 Å². The number of nitrogens with zero attached hydrogens (tertiary/aromatic N) is 1. The average Bonchev–Trinajstić information content (AvgIpc) is 3.23. The number of rotatable bonds is 3. The summed E-state index contributed by atoms with van der Waals surface area (Å²) in [7, 11) is 0. The molecule has 1 aliphatic carbocycles. The lowest BCUT2D eigenvalue weighted by Gasteiger charge is -2.36. The molecule has 2 nitrogen and oxygen atoms in total. The van der Waals surface area contributed by atoms with Gasteiger partial charge in [0, 0.05) is 31.4 Å². The lowest BCUT2D eigenvalue weighted by molar-refractivity contribution is 0.500.